The van der Waals surface area contributed by atoms with Gasteiger partial charge in [0.1, 0.15) is 17.1 Å². The Balaban J connectivity index is 2.25. The number of nitriles is 2. The predicted molar refractivity (Wildman–Crippen MR) is 81.3 cm³/mol. The van der Waals surface area contributed by atoms with Gasteiger partial charge in [-0.05, 0) is 33.6 Å². The summed E-state index contributed by atoms with van der Waals surface area (Å²) in [4.78, 5) is 4.11. The van der Waals surface area contributed by atoms with Crippen LogP contribution in [0.2, 0.25) is 0 Å². The van der Waals surface area contributed by atoms with E-state index in [1.54, 1.807) is 0 Å². The lowest BCUT2D eigenvalue weighted by Crippen LogP contribution is -2.41. The van der Waals surface area contributed by atoms with Crippen molar-refractivity contribution in [1.29, 1.82) is 10.5 Å². The molecule has 8 heteroatoms. The van der Waals surface area contributed by atoms with Crippen LogP contribution in [-0.4, -0.2) is 26.0 Å². The van der Waals surface area contributed by atoms with E-state index in [1.165, 1.54) is 32.4 Å². The second-order valence-electron chi connectivity index (χ2n) is 5.43. The summed E-state index contributed by atoms with van der Waals surface area (Å²) in [6, 6.07) is 8.56. The van der Waals surface area contributed by atoms with Gasteiger partial charge in [-0.3, -0.25) is 0 Å². The lowest BCUT2D eigenvalue weighted by atomic mass is 9.93. The predicted octanol–water partition coefficient (Wildman–Crippen LogP) is 2.02. The van der Waals surface area contributed by atoms with Crippen LogP contribution < -0.4 is 5.73 Å². The van der Waals surface area contributed by atoms with E-state index in [0.29, 0.717) is 5.56 Å². The summed E-state index contributed by atoms with van der Waals surface area (Å²) in [7, 11) is 2.67. The zero-order valence-corrected chi connectivity index (χ0v) is 13.9. The number of benzene rings is 1. The highest BCUT2D eigenvalue weighted by molar-refractivity contribution is 9.10. The fourth-order valence-electron chi connectivity index (χ4n) is 3.71. The maximum atomic E-state index is 13.5. The molecule has 0 amide bonds. The first-order valence-electron chi connectivity index (χ1n) is 6.64. The molecular formula is C15H12BrFN4O2. The minimum Gasteiger partial charge on any atom is -0.386 e. The highest BCUT2D eigenvalue weighted by Gasteiger charge is 2.93. The molecule has 118 valence electrons. The standard InChI is InChI=1S/C15H12BrFN4O2/c1-22-15(23-2)14(7-19)11(13(14,6-18)12(20)21-15)8-3-4-10(17)9(16)5-8/h3-5,11H,1-2H3,(H2,20,21)/t11-,13+,14+/m0/s1. The third-order valence-electron chi connectivity index (χ3n) is 4.76. The topological polar surface area (TPSA) is 104 Å². The summed E-state index contributed by atoms with van der Waals surface area (Å²) in [5.41, 5.74) is 3.76. The summed E-state index contributed by atoms with van der Waals surface area (Å²) in [5, 5.41) is 19.6. The van der Waals surface area contributed by atoms with Gasteiger partial charge in [-0.25, -0.2) is 9.38 Å². The molecular weight excluding hydrogens is 367 g/mol. The van der Waals surface area contributed by atoms with Crippen LogP contribution in [0.4, 0.5) is 4.39 Å². The molecule has 1 heterocycles. The van der Waals surface area contributed by atoms with Crippen LogP contribution in [0.25, 0.3) is 0 Å². The quantitative estimate of drug-likeness (QED) is 0.810. The second-order valence-corrected chi connectivity index (χ2v) is 6.29. The average molecular weight is 379 g/mol. The van der Waals surface area contributed by atoms with E-state index in [0.717, 1.165) is 0 Å². The van der Waals surface area contributed by atoms with Crippen molar-refractivity contribution >= 4 is 21.8 Å². The highest BCUT2D eigenvalue weighted by atomic mass is 79.9. The van der Waals surface area contributed by atoms with Gasteiger partial charge >= 0.3 is 0 Å². The molecule has 0 radical (unpaired) electrons. The SMILES string of the molecule is COC1(OC)N=C(N)[C@@]2(C#N)[C@H](c3ccc(F)c(Br)c3)[C@@]12C#N. The molecule has 1 aromatic carbocycles. The molecule has 3 atom stereocenters. The van der Waals surface area contributed by atoms with E-state index in [2.05, 4.69) is 33.1 Å². The number of hydrogen-bond acceptors (Lipinski definition) is 6. The van der Waals surface area contributed by atoms with Crippen LogP contribution in [0.1, 0.15) is 11.5 Å². The Kier molecular flexibility index (Phi) is 3.28. The minimum atomic E-state index is -1.67. The number of methoxy groups -OCH3 is 2. The van der Waals surface area contributed by atoms with E-state index in [-0.39, 0.29) is 10.3 Å². The van der Waals surface area contributed by atoms with Crippen molar-refractivity contribution in [3.05, 3.63) is 34.1 Å². The van der Waals surface area contributed by atoms with Gasteiger partial charge < -0.3 is 15.2 Å². The zero-order chi connectivity index (χ0) is 17.0. The average Bonchev–Trinajstić information content (AvgIpc) is 3.13. The number of fused-ring (bicyclic) bond motifs is 1. The maximum Gasteiger partial charge on any atom is 0.292 e. The van der Waals surface area contributed by atoms with Crippen LogP contribution in [0.3, 0.4) is 0 Å². The van der Waals surface area contributed by atoms with Crippen LogP contribution in [0.15, 0.2) is 27.7 Å². The third-order valence-corrected chi connectivity index (χ3v) is 5.37. The van der Waals surface area contributed by atoms with E-state index < -0.39 is 28.5 Å². The van der Waals surface area contributed by atoms with Crippen molar-refractivity contribution in [1.82, 2.24) is 0 Å². The molecule has 0 spiro atoms. The number of amidine groups is 1. The van der Waals surface area contributed by atoms with Gasteiger partial charge in [-0.2, -0.15) is 10.5 Å². The molecule has 0 bridgehead atoms. The van der Waals surface area contributed by atoms with Gasteiger partial charge in [0.2, 0.25) is 0 Å². The van der Waals surface area contributed by atoms with Crippen molar-refractivity contribution in [3.63, 3.8) is 0 Å². The van der Waals surface area contributed by atoms with Crippen LogP contribution in [-0.2, 0) is 9.47 Å². The first kappa shape index (κ1) is 15.9. The molecule has 0 aromatic heterocycles. The molecule has 23 heavy (non-hydrogen) atoms. The molecule has 1 fully saturated rings. The summed E-state index contributed by atoms with van der Waals surface area (Å²) in [6.45, 7) is 0. The lowest BCUT2D eigenvalue weighted by molar-refractivity contribution is -0.230. The number of hydrogen-bond donors (Lipinski definition) is 1. The van der Waals surface area contributed by atoms with Crippen LogP contribution in [0.5, 0.6) is 0 Å². The number of aliphatic imine (C=N–C) groups is 1. The summed E-state index contributed by atoms with van der Waals surface area (Å²) >= 11 is 3.11. The van der Waals surface area contributed by atoms with Gasteiger partial charge in [0, 0.05) is 20.1 Å². The Hall–Kier alpha value is -2.00. The van der Waals surface area contributed by atoms with Crippen molar-refractivity contribution in [2.75, 3.05) is 14.2 Å². The Morgan fingerprint density at radius 2 is 1.96 bits per heavy atom. The monoisotopic (exact) mass is 378 g/mol. The van der Waals surface area contributed by atoms with Crippen LogP contribution in [0, 0.1) is 39.3 Å². The second kappa shape index (κ2) is 4.75. The molecule has 6 nitrogen and oxygen atoms in total. The van der Waals surface area contributed by atoms with Gasteiger partial charge in [0.25, 0.3) is 5.91 Å². The summed E-state index contributed by atoms with van der Waals surface area (Å²) < 4.78 is 24.4. The third kappa shape index (κ3) is 1.49. The van der Waals surface area contributed by atoms with Crippen LogP contribution >= 0.6 is 15.9 Å². The molecule has 0 saturated heterocycles. The molecule has 3 rings (SSSR count). The number of halogens is 2. The van der Waals surface area contributed by atoms with E-state index in [1.807, 2.05) is 0 Å². The van der Waals surface area contributed by atoms with Gasteiger partial charge in [0.05, 0.1) is 16.6 Å². The minimum absolute atomic E-state index is 0.0179. The number of ether oxygens (including phenoxy) is 2. The lowest BCUT2D eigenvalue weighted by Gasteiger charge is -2.29. The largest absolute Gasteiger partial charge is 0.386 e. The van der Waals surface area contributed by atoms with Gasteiger partial charge in [0.15, 0.2) is 5.41 Å². The first-order valence-corrected chi connectivity index (χ1v) is 7.43. The normalized spacial score (nSPS) is 33.3. The Morgan fingerprint density at radius 1 is 1.30 bits per heavy atom. The summed E-state index contributed by atoms with van der Waals surface area (Å²) in [5.74, 6) is -2.77. The Bertz CT molecular complexity index is 811. The summed E-state index contributed by atoms with van der Waals surface area (Å²) in [6.07, 6.45) is 0. The molecule has 2 N–H and O–H groups in total. The van der Waals surface area contributed by atoms with E-state index in [4.69, 9.17) is 15.2 Å². The van der Waals surface area contributed by atoms with Crippen molar-refractivity contribution in [2.24, 2.45) is 21.6 Å². The van der Waals surface area contributed by atoms with E-state index in [9.17, 15) is 14.9 Å². The number of nitrogens with zero attached hydrogens (tertiary/aromatic N) is 3. The zero-order valence-electron chi connectivity index (χ0n) is 12.3. The Morgan fingerprint density at radius 3 is 2.43 bits per heavy atom. The fraction of sp³-hybridized carbons (Fsp3) is 0.400. The molecule has 0 unspecified atom stereocenters. The van der Waals surface area contributed by atoms with Gasteiger partial charge in [-0.15, -0.1) is 0 Å². The molecule has 1 saturated carbocycles. The van der Waals surface area contributed by atoms with Crippen molar-refractivity contribution < 1.29 is 13.9 Å². The van der Waals surface area contributed by atoms with Gasteiger partial charge in [-0.1, -0.05) is 6.07 Å². The molecule has 1 aliphatic carbocycles. The Labute approximate surface area is 140 Å². The number of rotatable bonds is 3. The van der Waals surface area contributed by atoms with E-state index >= 15 is 0 Å². The van der Waals surface area contributed by atoms with Crippen molar-refractivity contribution in [3.8, 4) is 12.1 Å². The van der Waals surface area contributed by atoms with Crippen molar-refractivity contribution in [2.45, 2.75) is 11.8 Å². The fourth-order valence-corrected chi connectivity index (χ4v) is 4.11. The smallest absolute Gasteiger partial charge is 0.292 e. The molecule has 1 aliphatic heterocycles. The molecule has 2 aliphatic rings. The highest BCUT2D eigenvalue weighted by Crippen LogP contribution is 2.81. The number of nitrogens with two attached hydrogens (primary N) is 1. The maximum absolute atomic E-state index is 13.5. The first-order chi connectivity index (χ1) is 10.9. The molecule has 1 aromatic rings.